The van der Waals surface area contributed by atoms with Gasteiger partial charge in [-0.2, -0.15) is 15.2 Å². The summed E-state index contributed by atoms with van der Waals surface area (Å²) in [5.74, 6) is 9.88. The highest BCUT2D eigenvalue weighted by Gasteiger charge is 2.26. The third-order valence-corrected chi connectivity index (χ3v) is 5.48. The van der Waals surface area contributed by atoms with Crippen molar-refractivity contribution >= 4 is 29.7 Å². The first kappa shape index (κ1) is 48.1. The largest absolute Gasteiger partial charge is 0.443 e. The van der Waals surface area contributed by atoms with Gasteiger partial charge in [0.2, 0.25) is 0 Å². The molecule has 2 fully saturated rings. The number of hydrazine groups is 2. The molecular formula is C33H68N8O8. The van der Waals surface area contributed by atoms with Crippen LogP contribution in [0.5, 0.6) is 0 Å². The average molecular weight is 705 g/mol. The Bertz CT molecular complexity index is 981. The zero-order chi connectivity index (χ0) is 38.3. The fraction of sp³-hybridized carbons (Fsp3) is 0.848. The van der Waals surface area contributed by atoms with Gasteiger partial charge in [-0.25, -0.2) is 25.7 Å². The van der Waals surface area contributed by atoms with Crippen molar-refractivity contribution in [2.45, 2.75) is 158 Å². The van der Waals surface area contributed by atoms with E-state index in [-0.39, 0.29) is 6.10 Å². The molecule has 0 bridgehead atoms. The fourth-order valence-electron chi connectivity index (χ4n) is 3.72. The zero-order valence-electron chi connectivity index (χ0n) is 32.5. The van der Waals surface area contributed by atoms with Gasteiger partial charge in [-0.15, -0.1) is 0 Å². The number of hydrazone groups is 2. The van der Waals surface area contributed by atoms with Crippen LogP contribution in [-0.4, -0.2) is 90.0 Å². The van der Waals surface area contributed by atoms with Crippen molar-refractivity contribution < 1.29 is 38.1 Å². The van der Waals surface area contributed by atoms with E-state index >= 15 is 0 Å². The molecule has 2 saturated heterocycles. The molecule has 2 atom stereocenters. The number of carbonyl (C=O) groups excluding carboxylic acids is 3. The van der Waals surface area contributed by atoms with Crippen LogP contribution in [0.2, 0.25) is 0 Å². The van der Waals surface area contributed by atoms with Crippen LogP contribution in [-0.2, 0) is 23.7 Å². The molecule has 0 spiro atoms. The Balaban J connectivity index is 0. The molecule has 2 heterocycles. The van der Waals surface area contributed by atoms with E-state index in [1.807, 2.05) is 40.0 Å². The van der Waals surface area contributed by atoms with Gasteiger partial charge in [-0.3, -0.25) is 16.7 Å². The Labute approximate surface area is 294 Å². The van der Waals surface area contributed by atoms with E-state index in [1.165, 1.54) is 17.9 Å². The first-order valence-electron chi connectivity index (χ1n) is 16.9. The Morgan fingerprint density at radius 2 is 1.18 bits per heavy atom. The maximum absolute atomic E-state index is 12.1. The van der Waals surface area contributed by atoms with E-state index in [0.29, 0.717) is 12.6 Å². The lowest BCUT2D eigenvalue weighted by molar-refractivity contribution is -0.0190. The van der Waals surface area contributed by atoms with Gasteiger partial charge in [0.25, 0.3) is 0 Å². The molecule has 3 amide bonds. The molecule has 2 rings (SSSR count). The van der Waals surface area contributed by atoms with Crippen molar-refractivity contribution in [3.05, 3.63) is 0 Å². The van der Waals surface area contributed by atoms with E-state index in [2.05, 4.69) is 21.1 Å². The summed E-state index contributed by atoms with van der Waals surface area (Å²) >= 11 is 0. The summed E-state index contributed by atoms with van der Waals surface area (Å²) in [7, 11) is 0. The number of nitrogens with zero attached hydrogens (tertiary/aromatic N) is 3. The normalized spacial score (nSPS) is 17.4. The van der Waals surface area contributed by atoms with E-state index in [9.17, 15) is 14.4 Å². The smallest absolute Gasteiger partial charge is 0.430 e. The van der Waals surface area contributed by atoms with Crippen LogP contribution in [0, 0.1) is 0 Å². The maximum atomic E-state index is 12.1. The number of ether oxygens (including phenoxy) is 5. The van der Waals surface area contributed by atoms with E-state index < -0.39 is 35.1 Å². The van der Waals surface area contributed by atoms with Crippen LogP contribution in [0.1, 0.15) is 129 Å². The standard InChI is InChI=1S/C14H26N2O3.C8H16N2O2.C6H14N2O.C5H12N2O2/c1-11(2)15-16(13(17)19-14(3,4)5)10-12-8-6-7-9-18-12;1-6(2)9-10-7(11)12-8(3,4)5;7-8-5-6-3-1-2-4-9-6;1-5(2,3)9-4(8)7-6/h12H,6-10H2,1-5H3;1-5H3,(H,10,11);6,8H,1-5,7H2;6H2,1-3H3,(H,7,8). The minimum absolute atomic E-state index is 0.0596. The molecule has 2 unspecified atom stereocenters. The first-order valence-corrected chi connectivity index (χ1v) is 16.9. The second kappa shape index (κ2) is 25.0. The molecular weight excluding hydrogens is 636 g/mol. The molecule has 0 aromatic carbocycles. The molecule has 288 valence electrons. The van der Waals surface area contributed by atoms with Crippen molar-refractivity contribution in [3.8, 4) is 0 Å². The van der Waals surface area contributed by atoms with Crippen LogP contribution in [0.25, 0.3) is 0 Å². The highest BCUT2D eigenvalue weighted by atomic mass is 16.6. The number of carbonyl (C=O) groups is 3. The fourth-order valence-corrected chi connectivity index (χ4v) is 3.72. The SMILES string of the molecule is CC(C)(C)OC(=O)NN.CC(C)=NN(CC1CCCCO1)C(=O)OC(C)(C)C.CC(C)=NNC(=O)OC(C)(C)C.NNCC1CCCCO1. The average Bonchev–Trinajstić information content (AvgIpc) is 2.95. The number of hydrogen-bond donors (Lipinski definition) is 5. The number of amides is 3. The summed E-state index contributed by atoms with van der Waals surface area (Å²) in [4.78, 5) is 33.4. The summed E-state index contributed by atoms with van der Waals surface area (Å²) in [6, 6.07) is 0. The van der Waals surface area contributed by atoms with Crippen LogP contribution >= 0.6 is 0 Å². The summed E-state index contributed by atoms with van der Waals surface area (Å²) in [6.45, 7) is 26.5. The number of nitrogens with one attached hydrogen (secondary N) is 3. The highest BCUT2D eigenvalue weighted by molar-refractivity contribution is 5.81. The molecule has 0 saturated carbocycles. The molecule has 2 aliphatic rings. The summed E-state index contributed by atoms with van der Waals surface area (Å²) in [6.07, 6.45) is 5.73. The van der Waals surface area contributed by atoms with Crippen molar-refractivity contribution in [1.29, 1.82) is 0 Å². The molecule has 16 heteroatoms. The van der Waals surface area contributed by atoms with E-state index in [0.717, 1.165) is 56.9 Å². The van der Waals surface area contributed by atoms with Crippen LogP contribution in [0.15, 0.2) is 10.2 Å². The Kier molecular flexibility index (Phi) is 24.5. The van der Waals surface area contributed by atoms with Crippen LogP contribution in [0.4, 0.5) is 14.4 Å². The number of nitrogens with two attached hydrogens (primary N) is 2. The van der Waals surface area contributed by atoms with Crippen LogP contribution in [0.3, 0.4) is 0 Å². The van der Waals surface area contributed by atoms with Crippen molar-refractivity contribution in [2.24, 2.45) is 21.9 Å². The zero-order valence-corrected chi connectivity index (χ0v) is 32.5. The highest BCUT2D eigenvalue weighted by Crippen LogP contribution is 2.17. The topological polar surface area (TPSA) is 213 Å². The predicted molar refractivity (Wildman–Crippen MR) is 193 cm³/mol. The maximum Gasteiger partial charge on any atom is 0.430 e. The lowest BCUT2D eigenvalue weighted by Crippen LogP contribution is -2.40. The molecule has 49 heavy (non-hydrogen) atoms. The van der Waals surface area contributed by atoms with Gasteiger partial charge in [0, 0.05) is 31.2 Å². The molecule has 0 aromatic rings. The number of hydrogen-bond acceptors (Lipinski definition) is 13. The molecule has 2 aliphatic heterocycles. The van der Waals surface area contributed by atoms with Gasteiger partial charge in [0.1, 0.15) is 16.8 Å². The first-order chi connectivity index (χ1) is 22.5. The third kappa shape index (κ3) is 33.2. The van der Waals surface area contributed by atoms with Crippen molar-refractivity contribution in [2.75, 3.05) is 26.3 Å². The third-order valence-electron chi connectivity index (χ3n) is 5.48. The van der Waals surface area contributed by atoms with Gasteiger partial charge >= 0.3 is 18.3 Å². The minimum Gasteiger partial charge on any atom is -0.443 e. The molecule has 0 aliphatic carbocycles. The van der Waals surface area contributed by atoms with Gasteiger partial charge in [0.15, 0.2) is 0 Å². The molecule has 7 N–H and O–H groups in total. The van der Waals surface area contributed by atoms with Gasteiger partial charge < -0.3 is 23.7 Å². The van der Waals surface area contributed by atoms with Gasteiger partial charge in [-0.1, -0.05) is 0 Å². The lowest BCUT2D eigenvalue weighted by atomic mass is 10.1. The minimum atomic E-state index is -0.609. The molecule has 0 aromatic heterocycles. The molecule has 0 radical (unpaired) electrons. The van der Waals surface area contributed by atoms with Crippen molar-refractivity contribution in [3.63, 3.8) is 0 Å². The lowest BCUT2D eigenvalue weighted by Gasteiger charge is -2.29. The monoisotopic (exact) mass is 705 g/mol. The van der Waals surface area contributed by atoms with E-state index in [1.54, 1.807) is 55.4 Å². The summed E-state index contributed by atoms with van der Waals surface area (Å²) in [5, 5.41) is 9.34. The second-order valence-corrected chi connectivity index (χ2v) is 14.8. The van der Waals surface area contributed by atoms with E-state index in [4.69, 9.17) is 35.4 Å². The quantitative estimate of drug-likeness (QED) is 0.0765. The van der Waals surface area contributed by atoms with Crippen LogP contribution < -0.4 is 28.0 Å². The van der Waals surface area contributed by atoms with Gasteiger partial charge in [0.05, 0.1) is 18.8 Å². The van der Waals surface area contributed by atoms with Crippen molar-refractivity contribution in [1.82, 2.24) is 21.3 Å². The second-order valence-electron chi connectivity index (χ2n) is 14.8. The Morgan fingerprint density at radius 1 is 0.714 bits per heavy atom. The number of rotatable bonds is 6. The summed E-state index contributed by atoms with van der Waals surface area (Å²) < 4.78 is 26.0. The van der Waals surface area contributed by atoms with Gasteiger partial charge in [-0.05, 0) is 129 Å². The predicted octanol–water partition coefficient (Wildman–Crippen LogP) is 5.50. The Hall–Kier alpha value is -3.05. The summed E-state index contributed by atoms with van der Waals surface area (Å²) in [5.41, 5.74) is 6.88. The molecule has 16 nitrogen and oxygen atoms in total. The Morgan fingerprint density at radius 3 is 1.53 bits per heavy atom.